The highest BCUT2D eigenvalue weighted by Crippen LogP contribution is 2.43. The molecule has 7 nitrogen and oxygen atoms in total. The van der Waals surface area contributed by atoms with Crippen molar-refractivity contribution in [1.29, 1.82) is 0 Å². The first-order valence-electron chi connectivity index (χ1n) is 23.4. The average Bonchev–Trinajstić information content (AvgIpc) is 4.11. The van der Waals surface area contributed by atoms with E-state index in [2.05, 4.69) is 220 Å². The van der Waals surface area contributed by atoms with Crippen LogP contribution in [-0.2, 0) is 21.7 Å². The molecular weight excluding hydrogens is 823 g/mol. The number of nitro groups is 1. The fourth-order valence-electron chi connectivity index (χ4n) is 9.82. The molecule has 3 aromatic heterocycles. The monoisotopic (exact) mass is 881 g/mol. The molecule has 0 saturated carbocycles. The smallest absolute Gasteiger partial charge is 0.307 e. The second-order valence-electron chi connectivity index (χ2n) is 22.5. The predicted octanol–water partition coefficient (Wildman–Crippen LogP) is 12.3. The molecule has 0 saturated heterocycles. The second-order valence-corrected chi connectivity index (χ2v) is 22.5. The Morgan fingerprint density at radius 1 is 0.478 bits per heavy atom. The van der Waals surface area contributed by atoms with E-state index < -0.39 is 0 Å². The van der Waals surface area contributed by atoms with Gasteiger partial charge in [0.15, 0.2) is 11.2 Å². The van der Waals surface area contributed by atoms with Gasteiger partial charge in [-0.3, -0.25) is 14.5 Å². The van der Waals surface area contributed by atoms with E-state index in [9.17, 15) is 10.1 Å². The van der Waals surface area contributed by atoms with Gasteiger partial charge in [0.2, 0.25) is 0 Å². The van der Waals surface area contributed by atoms with Gasteiger partial charge in [-0.1, -0.05) is 180 Å². The van der Waals surface area contributed by atoms with Crippen LogP contribution < -0.4 is 16.2 Å². The van der Waals surface area contributed by atoms with Crippen molar-refractivity contribution >= 4 is 33.6 Å². The van der Waals surface area contributed by atoms with Crippen molar-refractivity contribution in [3.8, 4) is 11.1 Å². The van der Waals surface area contributed by atoms with Gasteiger partial charge in [-0.05, 0) is 103 Å². The van der Waals surface area contributed by atoms with Gasteiger partial charge in [-0.2, -0.15) is 0 Å². The zero-order chi connectivity index (χ0) is 47.5. The maximum Gasteiger partial charge on any atom is 0.307 e. The summed E-state index contributed by atoms with van der Waals surface area (Å²) in [5.74, 6) is 0. The number of rotatable bonds is 5. The summed E-state index contributed by atoms with van der Waals surface area (Å²) in [4.78, 5) is 28.6. The van der Waals surface area contributed by atoms with E-state index in [4.69, 9.17) is 9.98 Å². The molecule has 0 atom stereocenters. The number of nitrogens with zero attached hydrogens (tertiary/aromatic N) is 4. The topological polar surface area (TPSA) is 88.1 Å². The molecule has 3 aliphatic rings. The van der Waals surface area contributed by atoms with Crippen LogP contribution in [-0.4, -0.2) is 20.0 Å². The molecule has 6 bridgehead atoms. The van der Waals surface area contributed by atoms with Crippen molar-refractivity contribution in [1.82, 2.24) is 9.38 Å². The van der Waals surface area contributed by atoms with Crippen LogP contribution in [0.3, 0.4) is 0 Å². The molecule has 7 heteroatoms. The van der Waals surface area contributed by atoms with Gasteiger partial charge in [0.05, 0.1) is 27.5 Å². The van der Waals surface area contributed by atoms with E-state index in [-0.39, 0.29) is 32.3 Å². The maximum absolute atomic E-state index is 14.0. The molecular formula is C60H59N5O2. The zero-order valence-electron chi connectivity index (χ0n) is 40.8. The van der Waals surface area contributed by atoms with E-state index in [1.165, 1.54) is 22.3 Å². The molecule has 1 N–H and O–H groups in total. The van der Waals surface area contributed by atoms with Crippen LogP contribution in [0.15, 0.2) is 155 Å². The first-order chi connectivity index (χ1) is 31.6. The molecule has 4 aromatic carbocycles. The SMILES string of the molecule is CC(C)(C)c1ccc(C2=C3C=CC(=N3)C(c3ccc(C(C)(C)C)cc3)=c3ccc([nH]3)=C(c3ccc(C(C)(C)C)cc3)C3=C([N+](=O)[O-])c4c(-c5ccc(C(C)(C)C)cc5)c5ccc2n5c4=N3)cc1. The first-order valence-corrected chi connectivity index (χ1v) is 23.4. The van der Waals surface area contributed by atoms with Crippen molar-refractivity contribution in [2.75, 3.05) is 0 Å². The normalized spacial score (nSPS) is 15.3. The number of H-pyrrole nitrogens is 1. The maximum atomic E-state index is 14.0. The number of hydrogen-bond donors (Lipinski definition) is 1. The van der Waals surface area contributed by atoms with Crippen molar-refractivity contribution < 1.29 is 4.92 Å². The van der Waals surface area contributed by atoms with E-state index in [0.29, 0.717) is 22.3 Å². The minimum Gasteiger partial charge on any atom is -0.354 e. The molecule has 0 spiro atoms. The lowest BCUT2D eigenvalue weighted by molar-refractivity contribution is -0.375. The highest BCUT2D eigenvalue weighted by Gasteiger charge is 2.39. The fraction of sp³-hybridized carbons (Fsp3) is 0.267. The lowest BCUT2D eigenvalue weighted by Crippen LogP contribution is -2.20. The molecule has 0 radical (unpaired) electrons. The number of aromatic amines is 1. The summed E-state index contributed by atoms with van der Waals surface area (Å²) in [6.45, 7) is 26.5. The van der Waals surface area contributed by atoms with Crippen molar-refractivity contribution in [2.24, 2.45) is 9.98 Å². The van der Waals surface area contributed by atoms with Gasteiger partial charge in [0.1, 0.15) is 5.56 Å². The van der Waals surface area contributed by atoms with E-state index >= 15 is 0 Å². The van der Waals surface area contributed by atoms with Crippen molar-refractivity contribution in [3.63, 3.8) is 0 Å². The lowest BCUT2D eigenvalue weighted by atomic mass is 9.85. The van der Waals surface area contributed by atoms with Crippen molar-refractivity contribution in [2.45, 2.75) is 105 Å². The van der Waals surface area contributed by atoms with Gasteiger partial charge in [-0.25, -0.2) is 9.98 Å². The highest BCUT2D eigenvalue weighted by atomic mass is 16.6. The molecule has 3 aliphatic heterocycles. The third-order valence-corrected chi connectivity index (χ3v) is 13.7. The van der Waals surface area contributed by atoms with E-state index in [1.807, 2.05) is 6.07 Å². The Kier molecular flexibility index (Phi) is 9.93. The van der Waals surface area contributed by atoms with Gasteiger partial charge in [0.25, 0.3) is 0 Å². The third-order valence-electron chi connectivity index (χ3n) is 13.7. The fourth-order valence-corrected chi connectivity index (χ4v) is 9.82. The predicted molar refractivity (Wildman–Crippen MR) is 275 cm³/mol. The van der Waals surface area contributed by atoms with Crippen LogP contribution in [0.1, 0.15) is 133 Å². The molecule has 67 heavy (non-hydrogen) atoms. The van der Waals surface area contributed by atoms with Crippen LogP contribution >= 0.6 is 0 Å². The van der Waals surface area contributed by atoms with Gasteiger partial charge in [-0.15, -0.1) is 0 Å². The Morgan fingerprint density at radius 3 is 1.37 bits per heavy atom. The number of aliphatic imine (C=N–C) groups is 1. The first kappa shape index (κ1) is 43.8. The van der Waals surface area contributed by atoms with Crippen LogP contribution in [0.4, 0.5) is 0 Å². The Bertz CT molecular complexity index is 3500. The zero-order valence-corrected chi connectivity index (χ0v) is 40.8. The van der Waals surface area contributed by atoms with Crippen LogP contribution in [0.25, 0.3) is 39.1 Å². The number of nitrogens with one attached hydrogen (secondary N) is 1. The summed E-state index contributed by atoms with van der Waals surface area (Å²) < 4.78 is 2.14. The molecule has 0 unspecified atom stereocenters. The Balaban J connectivity index is 1.37. The second kappa shape index (κ2) is 15.2. The minimum atomic E-state index is -0.225. The Labute approximate surface area is 393 Å². The van der Waals surface area contributed by atoms with E-state index in [0.717, 1.165) is 72.3 Å². The van der Waals surface area contributed by atoms with Crippen LogP contribution in [0.2, 0.25) is 0 Å². The largest absolute Gasteiger partial charge is 0.354 e. The standard InChI is InChI=1S/C60H59N5O2/c1-57(2,3)39-21-13-35(14-22-39)49-43-29-31-45(61-43)50(36-15-23-40(24-16-36)58(4,5)6)47-33-34-48-52(38-19-27-42(28-20-38)60(10,11)12)53-55(65(66)67)54(63-56(53)64(47)48)51(46-32-30-44(49)62-46)37-17-25-41(26-18-37)59(7,8)9/h13-34,62H,1-12H3. The Hall–Kier alpha value is -7.12. The van der Waals surface area contributed by atoms with Gasteiger partial charge >= 0.3 is 5.70 Å². The summed E-state index contributed by atoms with van der Waals surface area (Å²) in [5.41, 5.74) is 16.2. The summed E-state index contributed by atoms with van der Waals surface area (Å²) >= 11 is 0. The lowest BCUT2D eigenvalue weighted by Gasteiger charge is -2.20. The van der Waals surface area contributed by atoms with Crippen LogP contribution in [0, 0.1) is 10.1 Å². The molecule has 336 valence electrons. The molecule has 6 heterocycles. The molecule has 10 rings (SSSR count). The molecule has 0 amide bonds. The van der Waals surface area contributed by atoms with Gasteiger partial charge in [0, 0.05) is 33.0 Å². The van der Waals surface area contributed by atoms with Gasteiger partial charge < -0.3 is 4.98 Å². The number of aromatic nitrogens is 2. The average molecular weight is 882 g/mol. The van der Waals surface area contributed by atoms with E-state index in [1.54, 1.807) is 0 Å². The van der Waals surface area contributed by atoms with Crippen molar-refractivity contribution in [3.05, 3.63) is 221 Å². The van der Waals surface area contributed by atoms with Crippen LogP contribution in [0.5, 0.6) is 0 Å². The number of fused-ring (bicyclic) bond motifs is 4. The summed E-state index contributed by atoms with van der Waals surface area (Å²) in [6.07, 6.45) is 4.24. The molecule has 7 aromatic rings. The third kappa shape index (κ3) is 7.45. The number of hydrogen-bond acceptors (Lipinski definition) is 4. The number of benzene rings is 4. The summed E-state index contributed by atoms with van der Waals surface area (Å²) in [7, 11) is 0. The Morgan fingerprint density at radius 2 is 0.910 bits per heavy atom. The molecule has 0 aliphatic carbocycles. The molecule has 0 fully saturated rings. The summed E-state index contributed by atoms with van der Waals surface area (Å²) in [6, 6.07) is 42.8. The quantitative estimate of drug-likeness (QED) is 0.138. The number of allylic oxidation sites excluding steroid dienone is 3. The highest BCUT2D eigenvalue weighted by molar-refractivity contribution is 6.30. The summed E-state index contributed by atoms with van der Waals surface area (Å²) in [5, 5.41) is 15.6. The minimum absolute atomic E-state index is 0.0216.